The zero-order chi connectivity index (χ0) is 7.33. The average molecular weight is 141 g/mol. The maximum atomic E-state index is 5.08. The second-order valence-corrected chi connectivity index (χ2v) is 7.98. The van der Waals surface area contributed by atoms with E-state index in [1.54, 1.807) is 0 Å². The van der Waals surface area contributed by atoms with Crippen molar-refractivity contribution in [3.63, 3.8) is 0 Å². The lowest BCUT2D eigenvalue weighted by Crippen LogP contribution is -2.41. The lowest BCUT2D eigenvalue weighted by Gasteiger charge is -2.16. The lowest BCUT2D eigenvalue weighted by molar-refractivity contribution is 0.905. The van der Waals surface area contributed by atoms with Gasteiger partial charge >= 0.3 is 0 Å². The van der Waals surface area contributed by atoms with E-state index in [0.717, 1.165) is 13.0 Å². The normalized spacial score (nSPS) is 10.9. The molecule has 52 valence electrons. The van der Waals surface area contributed by atoms with E-state index in [1.807, 2.05) is 0 Å². The summed E-state index contributed by atoms with van der Waals surface area (Å²) >= 11 is 0. The molecule has 2 heteroatoms. The predicted octanol–water partition coefficient (Wildman–Crippen LogP) is 1.43. The predicted molar refractivity (Wildman–Crippen MR) is 44.8 cm³/mol. The van der Waals surface area contributed by atoms with Crippen LogP contribution in [-0.4, -0.2) is 14.8 Å². The van der Waals surface area contributed by atoms with Crippen LogP contribution in [0.2, 0.25) is 19.6 Å². The molecule has 0 saturated carbocycles. The number of nitrogens with one attached hydrogen (secondary N) is 1. The van der Waals surface area contributed by atoms with Gasteiger partial charge in [0.2, 0.25) is 0 Å². The number of hydrogen-bond acceptors (Lipinski definition) is 1. The second kappa shape index (κ2) is 3.70. The van der Waals surface area contributed by atoms with Gasteiger partial charge in [0.05, 0.1) is 0 Å². The highest BCUT2D eigenvalue weighted by Gasteiger charge is 2.09. The molecule has 0 radical (unpaired) electrons. The molecule has 0 amide bonds. The summed E-state index contributed by atoms with van der Waals surface area (Å²) in [5.41, 5.74) is 0. The molecule has 0 fully saturated rings. The fraction of sp³-hybridized carbons (Fsp3) is 0.714. The van der Waals surface area contributed by atoms with E-state index in [-0.39, 0.29) is 0 Å². The molecule has 0 unspecified atom stereocenters. The lowest BCUT2D eigenvalue weighted by atomic mass is 10.5. The van der Waals surface area contributed by atoms with E-state index in [2.05, 4.69) is 30.5 Å². The van der Waals surface area contributed by atoms with Gasteiger partial charge in [0.15, 0.2) is 0 Å². The Balaban J connectivity index is 3.20. The van der Waals surface area contributed by atoms with Crippen LogP contribution in [0.15, 0.2) is 0 Å². The largest absolute Gasteiger partial charge is 0.337 e. The molecule has 0 aliphatic carbocycles. The summed E-state index contributed by atoms with van der Waals surface area (Å²) in [7, 11) is -1.04. The van der Waals surface area contributed by atoms with Gasteiger partial charge in [0.25, 0.3) is 0 Å². The van der Waals surface area contributed by atoms with E-state index >= 15 is 0 Å². The molecule has 1 N–H and O–H groups in total. The molecule has 0 heterocycles. The van der Waals surface area contributed by atoms with Gasteiger partial charge in [-0.25, -0.2) is 0 Å². The number of hydrogen-bond donors (Lipinski definition) is 1. The van der Waals surface area contributed by atoms with Crippen LogP contribution in [-0.2, 0) is 0 Å². The Hall–Kier alpha value is -0.263. The zero-order valence-corrected chi connectivity index (χ0v) is 7.49. The van der Waals surface area contributed by atoms with Gasteiger partial charge < -0.3 is 4.98 Å². The van der Waals surface area contributed by atoms with Crippen LogP contribution in [0.25, 0.3) is 0 Å². The first-order valence-electron chi connectivity index (χ1n) is 3.25. The summed E-state index contributed by atoms with van der Waals surface area (Å²) in [4.78, 5) is 3.42. The summed E-state index contributed by atoms with van der Waals surface area (Å²) in [5, 5.41) is 0. The summed E-state index contributed by atoms with van der Waals surface area (Å²) in [6, 6.07) is 0. The quantitative estimate of drug-likeness (QED) is 0.356. The number of rotatable bonds is 3. The molecule has 0 spiro atoms. The Bertz CT molecular complexity index is 107. The third kappa shape index (κ3) is 7.74. The second-order valence-electron chi connectivity index (χ2n) is 3.13. The van der Waals surface area contributed by atoms with Crippen LogP contribution in [0, 0.1) is 12.3 Å². The molecule has 0 aromatic carbocycles. The average Bonchev–Trinajstić information content (AvgIpc) is 1.63. The van der Waals surface area contributed by atoms with Gasteiger partial charge in [-0.15, -0.1) is 12.3 Å². The maximum absolute atomic E-state index is 5.08. The van der Waals surface area contributed by atoms with Crippen molar-refractivity contribution in [2.75, 3.05) is 6.54 Å². The summed E-state index contributed by atoms with van der Waals surface area (Å²) in [6.45, 7) is 7.78. The van der Waals surface area contributed by atoms with Crippen LogP contribution in [0.1, 0.15) is 6.42 Å². The minimum absolute atomic E-state index is 0.851. The minimum atomic E-state index is -1.04. The molecule has 0 aromatic rings. The van der Waals surface area contributed by atoms with Gasteiger partial charge in [0.1, 0.15) is 8.24 Å². The van der Waals surface area contributed by atoms with E-state index < -0.39 is 8.24 Å². The molecule has 9 heavy (non-hydrogen) atoms. The fourth-order valence-electron chi connectivity index (χ4n) is 0.510. The van der Waals surface area contributed by atoms with Gasteiger partial charge in [-0.3, -0.25) is 0 Å². The smallest absolute Gasteiger partial charge is 0.116 e. The summed E-state index contributed by atoms with van der Waals surface area (Å²) < 4.78 is 0. The van der Waals surface area contributed by atoms with Crippen LogP contribution in [0.5, 0.6) is 0 Å². The minimum Gasteiger partial charge on any atom is -0.337 e. The Morgan fingerprint density at radius 3 is 2.33 bits per heavy atom. The summed E-state index contributed by atoms with van der Waals surface area (Å²) in [5.74, 6) is 2.60. The molecule has 1 nitrogen and oxygen atoms in total. The molecular formula is C7H15NSi. The van der Waals surface area contributed by atoms with Crippen molar-refractivity contribution in [1.29, 1.82) is 0 Å². The van der Waals surface area contributed by atoms with Crippen LogP contribution in [0.3, 0.4) is 0 Å². The van der Waals surface area contributed by atoms with Crippen molar-refractivity contribution in [3.05, 3.63) is 0 Å². The first-order chi connectivity index (χ1) is 4.06. The molecule has 0 aliphatic heterocycles. The van der Waals surface area contributed by atoms with Crippen molar-refractivity contribution >= 4 is 8.24 Å². The standard InChI is InChI=1S/C7H15NSi/c1-5-6-7-8-9(2,3)4/h1,8H,6-7H2,2-4H3. The highest BCUT2D eigenvalue weighted by atomic mass is 28.3. The van der Waals surface area contributed by atoms with Crippen LogP contribution in [0.4, 0.5) is 0 Å². The Morgan fingerprint density at radius 2 is 2.00 bits per heavy atom. The topological polar surface area (TPSA) is 12.0 Å². The highest BCUT2D eigenvalue weighted by Crippen LogP contribution is 1.92. The van der Waals surface area contributed by atoms with E-state index in [4.69, 9.17) is 6.42 Å². The van der Waals surface area contributed by atoms with Crippen LogP contribution < -0.4 is 4.98 Å². The molecule has 0 saturated heterocycles. The Labute approximate surface area is 58.9 Å². The molecular weight excluding hydrogens is 126 g/mol. The third-order valence-corrected chi connectivity index (χ3v) is 2.24. The number of terminal acetylenes is 1. The first-order valence-corrected chi connectivity index (χ1v) is 6.75. The maximum Gasteiger partial charge on any atom is 0.116 e. The van der Waals surface area contributed by atoms with Crippen molar-refractivity contribution < 1.29 is 0 Å². The third-order valence-electron chi connectivity index (χ3n) is 0.925. The van der Waals surface area contributed by atoms with Gasteiger partial charge in [-0.2, -0.15) is 0 Å². The summed E-state index contributed by atoms with van der Waals surface area (Å²) in [6.07, 6.45) is 5.93. The van der Waals surface area contributed by atoms with Gasteiger partial charge in [-0.05, 0) is 6.54 Å². The SMILES string of the molecule is C#CCCN[Si](C)(C)C. The molecule has 0 bridgehead atoms. The van der Waals surface area contributed by atoms with Crippen LogP contribution >= 0.6 is 0 Å². The highest BCUT2D eigenvalue weighted by molar-refractivity contribution is 6.73. The molecule has 0 aromatic heterocycles. The van der Waals surface area contributed by atoms with Crippen molar-refractivity contribution in [3.8, 4) is 12.3 Å². The van der Waals surface area contributed by atoms with E-state index in [0.29, 0.717) is 0 Å². The first kappa shape index (κ1) is 8.74. The van der Waals surface area contributed by atoms with E-state index in [1.165, 1.54) is 0 Å². The van der Waals surface area contributed by atoms with E-state index in [9.17, 15) is 0 Å². The fourth-order valence-corrected chi connectivity index (χ4v) is 1.38. The molecule has 0 rings (SSSR count). The Morgan fingerprint density at radius 1 is 1.44 bits per heavy atom. The molecule has 0 atom stereocenters. The molecule has 0 aliphatic rings. The van der Waals surface area contributed by atoms with Crippen molar-refractivity contribution in [2.45, 2.75) is 26.1 Å². The van der Waals surface area contributed by atoms with Gasteiger partial charge in [0, 0.05) is 6.42 Å². The monoisotopic (exact) mass is 141 g/mol. The van der Waals surface area contributed by atoms with Crippen molar-refractivity contribution in [2.24, 2.45) is 0 Å². The van der Waals surface area contributed by atoms with Gasteiger partial charge in [-0.1, -0.05) is 19.6 Å². The Kier molecular flexibility index (Phi) is 3.60. The zero-order valence-electron chi connectivity index (χ0n) is 6.49. The van der Waals surface area contributed by atoms with Crippen molar-refractivity contribution in [1.82, 2.24) is 4.98 Å².